The molecule has 0 N–H and O–H groups in total. The van der Waals surface area contributed by atoms with Gasteiger partial charge < -0.3 is 4.90 Å². The predicted molar refractivity (Wildman–Crippen MR) is 65.8 cm³/mol. The van der Waals surface area contributed by atoms with E-state index < -0.39 is 0 Å². The van der Waals surface area contributed by atoms with Crippen LogP contribution in [0.4, 0.5) is 9.18 Å². The summed E-state index contributed by atoms with van der Waals surface area (Å²) >= 11 is 0. The van der Waals surface area contributed by atoms with E-state index in [0.717, 1.165) is 24.0 Å². The van der Waals surface area contributed by atoms with E-state index in [4.69, 9.17) is 7.85 Å². The third kappa shape index (κ3) is 2.51. The Kier molecular flexibility index (Phi) is 3.50. The second kappa shape index (κ2) is 4.90. The molecule has 1 aromatic carbocycles. The highest BCUT2D eigenvalue weighted by atomic mass is 19.1. The average Bonchev–Trinajstić information content (AvgIpc) is 2.29. The molecular formula is C13H15BFNO. The largest absolute Gasteiger partial charge is 0.353 e. The predicted octanol–water partition coefficient (Wildman–Crippen LogP) is 2.60. The van der Waals surface area contributed by atoms with Crippen LogP contribution in [0.2, 0.25) is 0 Å². The van der Waals surface area contributed by atoms with Crippen molar-refractivity contribution in [2.45, 2.75) is 25.7 Å². The number of hydrogen-bond donors (Lipinski definition) is 0. The van der Waals surface area contributed by atoms with Crippen molar-refractivity contribution in [2.24, 2.45) is 0 Å². The van der Waals surface area contributed by atoms with Gasteiger partial charge in [0.15, 0.2) is 5.81 Å². The molecule has 1 aromatic rings. The van der Waals surface area contributed by atoms with Crippen molar-refractivity contribution in [1.29, 1.82) is 0 Å². The van der Waals surface area contributed by atoms with E-state index >= 15 is 0 Å². The first-order valence-corrected chi connectivity index (χ1v) is 5.89. The SMILES string of the molecule is [B]C(=O)N1CCC(c2c(C)cccc2F)CC1. The van der Waals surface area contributed by atoms with Crippen LogP contribution in [0, 0.1) is 12.7 Å². The van der Waals surface area contributed by atoms with Crippen LogP contribution >= 0.6 is 0 Å². The first kappa shape index (κ1) is 12.2. The van der Waals surface area contributed by atoms with Crippen LogP contribution in [0.15, 0.2) is 18.2 Å². The van der Waals surface area contributed by atoms with Crippen LogP contribution < -0.4 is 0 Å². The first-order chi connectivity index (χ1) is 8.09. The van der Waals surface area contributed by atoms with Gasteiger partial charge in [0.25, 0.3) is 0 Å². The van der Waals surface area contributed by atoms with E-state index in [1.54, 1.807) is 11.0 Å². The van der Waals surface area contributed by atoms with Gasteiger partial charge in [-0.05, 0) is 42.9 Å². The summed E-state index contributed by atoms with van der Waals surface area (Å²) < 4.78 is 13.8. The maximum atomic E-state index is 13.8. The minimum absolute atomic E-state index is 0.137. The highest BCUT2D eigenvalue weighted by Crippen LogP contribution is 2.31. The number of likely N-dealkylation sites (tertiary alicyclic amines) is 1. The quantitative estimate of drug-likeness (QED) is 0.680. The minimum atomic E-state index is -0.381. The Morgan fingerprint density at radius 1 is 1.41 bits per heavy atom. The second-order valence-electron chi connectivity index (χ2n) is 4.57. The van der Waals surface area contributed by atoms with Crippen molar-refractivity contribution >= 4 is 13.7 Å². The fourth-order valence-corrected chi connectivity index (χ4v) is 2.55. The molecule has 17 heavy (non-hydrogen) atoms. The monoisotopic (exact) mass is 231 g/mol. The van der Waals surface area contributed by atoms with Gasteiger partial charge in [-0.15, -0.1) is 0 Å². The maximum Gasteiger partial charge on any atom is 0.200 e. The molecule has 4 heteroatoms. The van der Waals surface area contributed by atoms with Gasteiger partial charge >= 0.3 is 0 Å². The third-order valence-corrected chi connectivity index (χ3v) is 3.49. The number of aryl methyl sites for hydroxylation is 1. The van der Waals surface area contributed by atoms with E-state index in [1.165, 1.54) is 6.07 Å². The number of rotatable bonds is 1. The van der Waals surface area contributed by atoms with Crippen LogP contribution in [-0.4, -0.2) is 31.6 Å². The van der Waals surface area contributed by atoms with E-state index in [-0.39, 0.29) is 17.5 Å². The lowest BCUT2D eigenvalue weighted by Crippen LogP contribution is -2.37. The Morgan fingerprint density at radius 3 is 2.59 bits per heavy atom. The zero-order valence-electron chi connectivity index (χ0n) is 9.95. The molecule has 0 aromatic heterocycles. The summed E-state index contributed by atoms with van der Waals surface area (Å²) in [6.45, 7) is 3.17. The van der Waals surface area contributed by atoms with Gasteiger partial charge in [-0.3, -0.25) is 4.79 Å². The molecule has 1 fully saturated rings. The van der Waals surface area contributed by atoms with Crippen molar-refractivity contribution in [3.05, 3.63) is 35.1 Å². The lowest BCUT2D eigenvalue weighted by Gasteiger charge is -2.32. The van der Waals surface area contributed by atoms with Crippen LogP contribution in [0.1, 0.15) is 29.9 Å². The standard InChI is InChI=1S/C13H15BFNO/c1-9-3-2-4-11(15)12(9)10-5-7-16(8-6-10)13(14)17/h2-4,10H,5-8H2,1H3. The van der Waals surface area contributed by atoms with Gasteiger partial charge in [0.1, 0.15) is 5.82 Å². The molecule has 2 radical (unpaired) electrons. The molecule has 88 valence electrons. The van der Waals surface area contributed by atoms with E-state index in [9.17, 15) is 9.18 Å². The Bertz CT molecular complexity index is 407. The maximum absolute atomic E-state index is 13.8. The summed E-state index contributed by atoms with van der Waals surface area (Å²) in [7, 11) is 5.22. The molecule has 1 amide bonds. The summed E-state index contributed by atoms with van der Waals surface area (Å²) in [5, 5.41) is 0. The number of carbonyl (C=O) groups excluding carboxylic acids is 1. The molecule has 2 rings (SSSR count). The summed E-state index contributed by atoms with van der Waals surface area (Å²) in [6, 6.07) is 5.16. The highest BCUT2D eigenvalue weighted by molar-refractivity contribution is 6.56. The van der Waals surface area contributed by atoms with E-state index in [1.807, 2.05) is 13.0 Å². The first-order valence-electron chi connectivity index (χ1n) is 5.89. The average molecular weight is 231 g/mol. The molecule has 1 aliphatic rings. The number of hydrogen-bond acceptors (Lipinski definition) is 1. The fourth-order valence-electron chi connectivity index (χ4n) is 2.55. The van der Waals surface area contributed by atoms with Gasteiger partial charge in [0.2, 0.25) is 7.85 Å². The number of piperidine rings is 1. The molecular weight excluding hydrogens is 216 g/mol. The van der Waals surface area contributed by atoms with Crippen molar-refractivity contribution in [3.8, 4) is 0 Å². The van der Waals surface area contributed by atoms with Gasteiger partial charge in [-0.25, -0.2) is 4.39 Å². The number of amides is 1. The molecule has 0 unspecified atom stereocenters. The Morgan fingerprint density at radius 2 is 2.06 bits per heavy atom. The van der Waals surface area contributed by atoms with E-state index in [2.05, 4.69) is 0 Å². The zero-order valence-corrected chi connectivity index (χ0v) is 9.95. The summed E-state index contributed by atoms with van der Waals surface area (Å²) in [5.74, 6) is -0.317. The smallest absolute Gasteiger partial charge is 0.200 e. The number of benzene rings is 1. The Hall–Kier alpha value is -1.32. The molecule has 0 bridgehead atoms. The normalized spacial score (nSPS) is 17.2. The lowest BCUT2D eigenvalue weighted by molar-refractivity contribution is 0.203. The van der Waals surface area contributed by atoms with Crippen molar-refractivity contribution in [1.82, 2.24) is 4.90 Å². The zero-order chi connectivity index (χ0) is 12.4. The van der Waals surface area contributed by atoms with Gasteiger partial charge in [-0.2, -0.15) is 0 Å². The van der Waals surface area contributed by atoms with Gasteiger partial charge in [-0.1, -0.05) is 12.1 Å². The van der Waals surface area contributed by atoms with Crippen molar-refractivity contribution < 1.29 is 9.18 Å². The molecule has 0 spiro atoms. The molecule has 0 atom stereocenters. The van der Waals surface area contributed by atoms with Crippen LogP contribution in [-0.2, 0) is 0 Å². The fraction of sp³-hybridized carbons (Fsp3) is 0.462. The highest BCUT2D eigenvalue weighted by Gasteiger charge is 2.24. The second-order valence-corrected chi connectivity index (χ2v) is 4.57. The number of carbonyl (C=O) groups is 1. The van der Waals surface area contributed by atoms with Gasteiger partial charge in [0, 0.05) is 13.1 Å². The van der Waals surface area contributed by atoms with Crippen molar-refractivity contribution in [2.75, 3.05) is 13.1 Å². The molecule has 0 aliphatic carbocycles. The molecule has 0 saturated carbocycles. The van der Waals surface area contributed by atoms with Crippen LogP contribution in [0.25, 0.3) is 0 Å². The van der Waals surface area contributed by atoms with Crippen molar-refractivity contribution in [3.63, 3.8) is 0 Å². The van der Waals surface area contributed by atoms with Crippen LogP contribution in [0.3, 0.4) is 0 Å². The third-order valence-electron chi connectivity index (χ3n) is 3.49. The topological polar surface area (TPSA) is 20.3 Å². The molecule has 1 heterocycles. The molecule has 2 nitrogen and oxygen atoms in total. The summed E-state index contributed by atoms with van der Waals surface area (Å²) in [6.07, 6.45) is 1.56. The summed E-state index contributed by atoms with van der Waals surface area (Å²) in [4.78, 5) is 12.6. The Labute approximate surface area is 102 Å². The Balaban J connectivity index is 2.13. The summed E-state index contributed by atoms with van der Waals surface area (Å²) in [5.41, 5.74) is 1.79. The molecule has 1 saturated heterocycles. The minimum Gasteiger partial charge on any atom is -0.353 e. The number of halogens is 1. The number of nitrogens with zero attached hydrogens (tertiary/aromatic N) is 1. The van der Waals surface area contributed by atoms with E-state index in [0.29, 0.717) is 13.1 Å². The molecule has 1 aliphatic heterocycles. The van der Waals surface area contributed by atoms with Crippen LogP contribution in [0.5, 0.6) is 0 Å². The lowest BCUT2D eigenvalue weighted by atomic mass is 9.86. The van der Waals surface area contributed by atoms with Gasteiger partial charge in [0.05, 0.1) is 0 Å².